The molecule has 14 heavy (non-hydrogen) atoms. The largest absolute Gasteiger partial charge is 0.382 e. The van der Waals surface area contributed by atoms with Crippen LogP contribution in [0.15, 0.2) is 27.8 Å². The van der Waals surface area contributed by atoms with Gasteiger partial charge in [-0.3, -0.25) is 4.72 Å². The molecule has 1 aliphatic heterocycles. The van der Waals surface area contributed by atoms with Crippen molar-refractivity contribution in [3.63, 3.8) is 0 Å². The fraction of sp³-hybridized carbons (Fsp3) is 0.375. The zero-order chi connectivity index (χ0) is 10.3. The Morgan fingerprint density at radius 2 is 2.36 bits per heavy atom. The van der Waals surface area contributed by atoms with Crippen LogP contribution in [0.3, 0.4) is 0 Å². The van der Waals surface area contributed by atoms with E-state index >= 15 is 0 Å². The smallest absolute Gasteiger partial charge is 0.344 e. The maximum atomic E-state index is 11.2. The van der Waals surface area contributed by atoms with Crippen LogP contribution in [-0.2, 0) is 10.2 Å². The van der Waals surface area contributed by atoms with Crippen LogP contribution in [0.1, 0.15) is 13.3 Å². The third-order valence-corrected chi connectivity index (χ3v) is 3.21. The van der Waals surface area contributed by atoms with Gasteiger partial charge in [-0.1, -0.05) is 19.1 Å². The highest BCUT2D eigenvalue weighted by atomic mass is 32.2. The minimum atomic E-state index is -3.61. The van der Waals surface area contributed by atoms with Crippen molar-refractivity contribution >= 4 is 16.0 Å². The second-order valence-corrected chi connectivity index (χ2v) is 4.76. The Morgan fingerprint density at radius 1 is 1.64 bits per heavy atom. The Balaban J connectivity index is 2.55. The molecule has 0 bridgehead atoms. The standard InChI is InChI=1S/C8H11N3O2S/c1-5-3-2-4-6-7(5)10-14(12,13)11-8(6)9/h2,4-5,10H,3H2,1H3,(H2,9,11). The topological polar surface area (TPSA) is 84.5 Å². The van der Waals surface area contributed by atoms with E-state index in [-0.39, 0.29) is 11.8 Å². The van der Waals surface area contributed by atoms with Gasteiger partial charge in [-0.15, -0.1) is 4.40 Å². The summed E-state index contributed by atoms with van der Waals surface area (Å²) in [6.07, 6.45) is 4.58. The Morgan fingerprint density at radius 3 is 3.07 bits per heavy atom. The summed E-state index contributed by atoms with van der Waals surface area (Å²) in [5.74, 6) is 0.209. The maximum absolute atomic E-state index is 11.2. The van der Waals surface area contributed by atoms with Crippen LogP contribution in [0.2, 0.25) is 0 Å². The van der Waals surface area contributed by atoms with Crippen LogP contribution in [0.5, 0.6) is 0 Å². The summed E-state index contributed by atoms with van der Waals surface area (Å²) in [5, 5.41) is 0. The molecule has 0 aromatic carbocycles. The molecule has 0 saturated carbocycles. The van der Waals surface area contributed by atoms with E-state index < -0.39 is 10.2 Å². The molecule has 1 atom stereocenters. The zero-order valence-electron chi connectivity index (χ0n) is 7.69. The van der Waals surface area contributed by atoms with Gasteiger partial charge in [0.25, 0.3) is 0 Å². The third kappa shape index (κ3) is 1.41. The van der Waals surface area contributed by atoms with Crippen LogP contribution in [0.25, 0.3) is 0 Å². The molecule has 1 heterocycles. The lowest BCUT2D eigenvalue weighted by atomic mass is 9.93. The predicted molar refractivity (Wildman–Crippen MR) is 53.6 cm³/mol. The summed E-state index contributed by atoms with van der Waals surface area (Å²) < 4.78 is 28.2. The Labute approximate surface area is 82.6 Å². The van der Waals surface area contributed by atoms with Crippen molar-refractivity contribution in [2.24, 2.45) is 16.0 Å². The molecule has 0 radical (unpaired) electrons. The number of rotatable bonds is 0. The lowest BCUT2D eigenvalue weighted by molar-refractivity contribution is 0.574. The highest BCUT2D eigenvalue weighted by Crippen LogP contribution is 2.26. The van der Waals surface area contributed by atoms with E-state index in [1.54, 1.807) is 6.08 Å². The van der Waals surface area contributed by atoms with E-state index in [1.165, 1.54) is 0 Å². The lowest BCUT2D eigenvalue weighted by Gasteiger charge is -2.25. The molecule has 0 aromatic rings. The summed E-state index contributed by atoms with van der Waals surface area (Å²) in [7, 11) is -3.61. The second-order valence-electron chi connectivity index (χ2n) is 3.42. The van der Waals surface area contributed by atoms with Gasteiger partial charge < -0.3 is 5.73 Å². The van der Waals surface area contributed by atoms with Crippen LogP contribution in [0.4, 0.5) is 0 Å². The van der Waals surface area contributed by atoms with Crippen LogP contribution in [-0.4, -0.2) is 14.3 Å². The molecule has 5 nitrogen and oxygen atoms in total. The van der Waals surface area contributed by atoms with Crippen molar-refractivity contribution in [1.29, 1.82) is 0 Å². The molecular weight excluding hydrogens is 202 g/mol. The van der Waals surface area contributed by atoms with Crippen molar-refractivity contribution < 1.29 is 8.42 Å². The number of nitrogens with zero attached hydrogens (tertiary/aromatic N) is 1. The monoisotopic (exact) mass is 213 g/mol. The molecule has 0 fully saturated rings. The molecule has 2 aliphatic rings. The number of hydrogen-bond donors (Lipinski definition) is 2. The van der Waals surface area contributed by atoms with Crippen molar-refractivity contribution in [3.8, 4) is 0 Å². The fourth-order valence-electron chi connectivity index (χ4n) is 1.58. The van der Waals surface area contributed by atoms with E-state index in [4.69, 9.17) is 5.73 Å². The molecule has 0 amide bonds. The number of hydrogen-bond acceptors (Lipinski definition) is 3. The van der Waals surface area contributed by atoms with Gasteiger partial charge >= 0.3 is 10.2 Å². The first-order chi connectivity index (χ1) is 6.49. The van der Waals surface area contributed by atoms with E-state index in [2.05, 4.69) is 9.12 Å². The first kappa shape index (κ1) is 9.26. The van der Waals surface area contributed by atoms with Crippen molar-refractivity contribution in [1.82, 2.24) is 4.72 Å². The van der Waals surface area contributed by atoms with Gasteiger partial charge in [0.1, 0.15) is 5.84 Å². The van der Waals surface area contributed by atoms with Gasteiger partial charge in [-0.2, -0.15) is 8.42 Å². The summed E-state index contributed by atoms with van der Waals surface area (Å²) in [6, 6.07) is 0. The van der Waals surface area contributed by atoms with E-state index in [0.717, 1.165) is 6.42 Å². The molecule has 0 saturated heterocycles. The Kier molecular flexibility index (Phi) is 1.88. The molecule has 2 rings (SSSR count). The molecule has 76 valence electrons. The van der Waals surface area contributed by atoms with Gasteiger partial charge in [0.2, 0.25) is 0 Å². The van der Waals surface area contributed by atoms with Crippen molar-refractivity contribution in [2.75, 3.05) is 0 Å². The third-order valence-electron chi connectivity index (χ3n) is 2.29. The van der Waals surface area contributed by atoms with Gasteiger partial charge in [0.05, 0.1) is 0 Å². The number of nitrogens with one attached hydrogen (secondary N) is 1. The Bertz CT molecular complexity index is 459. The van der Waals surface area contributed by atoms with Gasteiger partial charge in [0.15, 0.2) is 0 Å². The first-order valence-electron chi connectivity index (χ1n) is 4.29. The molecule has 3 N–H and O–H groups in total. The lowest BCUT2D eigenvalue weighted by Crippen LogP contribution is -2.36. The molecule has 1 aliphatic carbocycles. The highest BCUT2D eigenvalue weighted by molar-refractivity contribution is 7.88. The van der Waals surface area contributed by atoms with Gasteiger partial charge in [0, 0.05) is 17.2 Å². The highest BCUT2D eigenvalue weighted by Gasteiger charge is 2.27. The molecular formula is C8H11N3O2S. The average molecular weight is 213 g/mol. The van der Waals surface area contributed by atoms with Crippen LogP contribution < -0.4 is 10.5 Å². The Hall–Kier alpha value is -1.30. The van der Waals surface area contributed by atoms with Gasteiger partial charge in [-0.05, 0) is 6.42 Å². The minimum absolute atomic E-state index is 0.0709. The van der Waals surface area contributed by atoms with E-state index in [0.29, 0.717) is 11.3 Å². The average Bonchev–Trinajstić information content (AvgIpc) is 2.05. The number of allylic oxidation sites excluding steroid dienone is 2. The summed E-state index contributed by atoms with van der Waals surface area (Å²) in [4.78, 5) is 0. The van der Waals surface area contributed by atoms with Crippen molar-refractivity contribution in [2.45, 2.75) is 13.3 Å². The molecule has 6 heteroatoms. The normalized spacial score (nSPS) is 29.2. The molecule has 0 aromatic heterocycles. The molecule has 1 unspecified atom stereocenters. The van der Waals surface area contributed by atoms with E-state index in [9.17, 15) is 8.42 Å². The molecule has 0 spiro atoms. The fourth-order valence-corrected chi connectivity index (χ4v) is 2.57. The van der Waals surface area contributed by atoms with Crippen molar-refractivity contribution in [3.05, 3.63) is 23.4 Å². The summed E-state index contributed by atoms with van der Waals surface area (Å²) in [5.41, 5.74) is 6.89. The van der Waals surface area contributed by atoms with Gasteiger partial charge in [-0.25, -0.2) is 0 Å². The summed E-state index contributed by atoms with van der Waals surface area (Å²) >= 11 is 0. The number of nitrogens with two attached hydrogens (primary N) is 1. The van der Waals surface area contributed by atoms with E-state index in [1.807, 2.05) is 13.0 Å². The predicted octanol–water partition coefficient (Wildman–Crippen LogP) is 0.0417. The quantitative estimate of drug-likeness (QED) is 0.596. The zero-order valence-corrected chi connectivity index (χ0v) is 8.50. The van der Waals surface area contributed by atoms with Crippen LogP contribution >= 0.6 is 0 Å². The first-order valence-corrected chi connectivity index (χ1v) is 5.73. The maximum Gasteiger partial charge on any atom is 0.344 e. The van der Waals surface area contributed by atoms with Crippen LogP contribution in [0, 0.1) is 5.92 Å². The summed E-state index contributed by atoms with van der Waals surface area (Å²) in [6.45, 7) is 1.94. The second kappa shape index (κ2) is 2.84. The number of amidine groups is 1. The SMILES string of the molecule is CC1CC=CC2=C1NS(=O)(=O)N=C2N. The minimum Gasteiger partial charge on any atom is -0.382 e.